The maximum atomic E-state index is 12.0. The summed E-state index contributed by atoms with van der Waals surface area (Å²) in [5.41, 5.74) is 0.479. The first-order valence-electron chi connectivity index (χ1n) is 6.04. The van der Waals surface area contributed by atoms with E-state index in [4.69, 9.17) is 0 Å². The van der Waals surface area contributed by atoms with Crippen molar-refractivity contribution >= 4 is 5.91 Å². The van der Waals surface area contributed by atoms with Gasteiger partial charge in [-0.15, -0.1) is 0 Å². The maximum absolute atomic E-state index is 12.0. The number of aromatic nitrogens is 3. The number of hydrogen-bond donors (Lipinski definition) is 2. The maximum Gasteiger partial charge on any atom is 0.260 e. The Morgan fingerprint density at radius 3 is 2.95 bits per heavy atom. The molecule has 0 saturated heterocycles. The van der Waals surface area contributed by atoms with E-state index < -0.39 is 0 Å². The van der Waals surface area contributed by atoms with Gasteiger partial charge in [0, 0.05) is 24.1 Å². The summed E-state index contributed by atoms with van der Waals surface area (Å²) in [7, 11) is 0. The highest BCUT2D eigenvalue weighted by Gasteiger charge is 2.13. The Bertz CT molecular complexity index is 616. The highest BCUT2D eigenvalue weighted by molar-refractivity contribution is 5.93. The normalized spacial score (nSPS) is 12.1. The van der Waals surface area contributed by atoms with Crippen LogP contribution in [0.1, 0.15) is 23.0 Å². The minimum Gasteiger partial charge on any atom is -0.348 e. The number of carbonyl (C=O) groups is 1. The Morgan fingerprint density at radius 2 is 2.32 bits per heavy atom. The second kappa shape index (κ2) is 5.51. The van der Waals surface area contributed by atoms with E-state index >= 15 is 0 Å². The summed E-state index contributed by atoms with van der Waals surface area (Å²) in [6.07, 6.45) is 3.50. The molecule has 0 fully saturated rings. The van der Waals surface area contributed by atoms with E-state index in [0.717, 1.165) is 5.69 Å². The van der Waals surface area contributed by atoms with Crippen molar-refractivity contribution in [2.45, 2.75) is 26.4 Å². The fourth-order valence-electron chi connectivity index (χ4n) is 1.79. The first-order valence-corrected chi connectivity index (χ1v) is 6.04. The standard InChI is InChI=1S/C13H16N4O2/c1-9-4-5-11(12(18)15-9)13(19)16-10(2)8-17-7-3-6-14-17/h3-7,10H,8H2,1-2H3,(H,15,18)(H,16,19)/t10-/m1/s1. The Morgan fingerprint density at radius 1 is 1.53 bits per heavy atom. The van der Waals surface area contributed by atoms with E-state index in [1.165, 1.54) is 6.07 Å². The summed E-state index contributed by atoms with van der Waals surface area (Å²) in [4.78, 5) is 26.2. The van der Waals surface area contributed by atoms with Gasteiger partial charge in [-0.2, -0.15) is 5.10 Å². The lowest BCUT2D eigenvalue weighted by Crippen LogP contribution is -2.38. The average Bonchev–Trinajstić information content (AvgIpc) is 2.81. The molecule has 0 spiro atoms. The minimum atomic E-state index is -0.374. The smallest absolute Gasteiger partial charge is 0.260 e. The number of pyridine rings is 1. The number of nitrogens with zero attached hydrogens (tertiary/aromatic N) is 2. The predicted octanol–water partition coefficient (Wildman–Crippen LogP) is 0.698. The third-order valence-electron chi connectivity index (χ3n) is 2.70. The molecule has 1 amide bonds. The quantitative estimate of drug-likeness (QED) is 0.849. The first kappa shape index (κ1) is 13.1. The van der Waals surface area contributed by atoms with Crippen molar-refractivity contribution in [1.82, 2.24) is 20.1 Å². The molecular formula is C13H16N4O2. The summed E-state index contributed by atoms with van der Waals surface area (Å²) in [5, 5.41) is 6.84. The van der Waals surface area contributed by atoms with Crippen LogP contribution < -0.4 is 10.9 Å². The molecule has 2 aromatic heterocycles. The van der Waals surface area contributed by atoms with E-state index in [0.29, 0.717) is 6.54 Å². The molecular weight excluding hydrogens is 244 g/mol. The van der Waals surface area contributed by atoms with Gasteiger partial charge in [-0.05, 0) is 32.0 Å². The van der Waals surface area contributed by atoms with Crippen molar-refractivity contribution in [3.8, 4) is 0 Å². The van der Waals surface area contributed by atoms with E-state index in [1.807, 2.05) is 19.2 Å². The molecule has 2 N–H and O–H groups in total. The van der Waals surface area contributed by atoms with Gasteiger partial charge in [0.05, 0.1) is 6.54 Å². The monoisotopic (exact) mass is 260 g/mol. The average molecular weight is 260 g/mol. The zero-order valence-electron chi connectivity index (χ0n) is 10.9. The molecule has 0 aromatic carbocycles. The zero-order chi connectivity index (χ0) is 13.8. The molecule has 1 atom stereocenters. The van der Waals surface area contributed by atoms with Crippen LogP contribution in [-0.2, 0) is 6.54 Å². The summed E-state index contributed by atoms with van der Waals surface area (Å²) < 4.78 is 1.73. The van der Waals surface area contributed by atoms with Gasteiger partial charge in [-0.1, -0.05) is 0 Å². The van der Waals surface area contributed by atoms with Crippen LogP contribution in [0.15, 0.2) is 35.4 Å². The summed E-state index contributed by atoms with van der Waals surface area (Å²) in [6, 6.07) is 4.94. The Balaban J connectivity index is 2.02. The van der Waals surface area contributed by atoms with Crippen molar-refractivity contribution in [1.29, 1.82) is 0 Å². The van der Waals surface area contributed by atoms with E-state index in [2.05, 4.69) is 15.4 Å². The van der Waals surface area contributed by atoms with Gasteiger partial charge in [0.25, 0.3) is 11.5 Å². The molecule has 2 rings (SSSR count). The third kappa shape index (κ3) is 3.31. The Labute approximate surface area is 110 Å². The topological polar surface area (TPSA) is 79.8 Å². The first-order chi connectivity index (χ1) is 9.06. The fraction of sp³-hybridized carbons (Fsp3) is 0.308. The molecule has 0 radical (unpaired) electrons. The highest BCUT2D eigenvalue weighted by Crippen LogP contribution is 1.96. The van der Waals surface area contributed by atoms with Gasteiger partial charge in [0.2, 0.25) is 0 Å². The number of amides is 1. The molecule has 6 heteroatoms. The number of carbonyl (C=O) groups excluding carboxylic acids is 1. The van der Waals surface area contributed by atoms with E-state index in [1.54, 1.807) is 23.9 Å². The lowest BCUT2D eigenvalue weighted by atomic mass is 10.2. The van der Waals surface area contributed by atoms with Crippen LogP contribution >= 0.6 is 0 Å². The van der Waals surface area contributed by atoms with Crippen LogP contribution in [-0.4, -0.2) is 26.7 Å². The van der Waals surface area contributed by atoms with Gasteiger partial charge in [0.1, 0.15) is 5.56 Å². The van der Waals surface area contributed by atoms with Crippen LogP contribution in [0, 0.1) is 6.92 Å². The number of hydrogen-bond acceptors (Lipinski definition) is 3. The molecule has 100 valence electrons. The molecule has 0 bridgehead atoms. The molecule has 0 saturated carbocycles. The molecule has 0 unspecified atom stereocenters. The molecule has 6 nitrogen and oxygen atoms in total. The van der Waals surface area contributed by atoms with Crippen LogP contribution in [0.4, 0.5) is 0 Å². The Hall–Kier alpha value is -2.37. The van der Waals surface area contributed by atoms with Gasteiger partial charge in [-0.3, -0.25) is 14.3 Å². The van der Waals surface area contributed by atoms with Crippen molar-refractivity contribution in [3.05, 3.63) is 52.2 Å². The lowest BCUT2D eigenvalue weighted by Gasteiger charge is -2.13. The molecule has 2 aromatic rings. The largest absolute Gasteiger partial charge is 0.348 e. The number of aromatic amines is 1. The van der Waals surface area contributed by atoms with Crippen molar-refractivity contribution < 1.29 is 4.79 Å². The number of aryl methyl sites for hydroxylation is 1. The lowest BCUT2D eigenvalue weighted by molar-refractivity contribution is 0.0934. The van der Waals surface area contributed by atoms with Gasteiger partial charge in [0.15, 0.2) is 0 Å². The van der Waals surface area contributed by atoms with E-state index in [-0.39, 0.29) is 23.1 Å². The van der Waals surface area contributed by atoms with Crippen LogP contribution in [0.25, 0.3) is 0 Å². The second-order valence-corrected chi connectivity index (χ2v) is 4.49. The summed E-state index contributed by atoms with van der Waals surface area (Å²) >= 11 is 0. The second-order valence-electron chi connectivity index (χ2n) is 4.49. The SMILES string of the molecule is Cc1ccc(C(=O)N[C@H](C)Cn2cccn2)c(=O)[nH]1. The summed E-state index contributed by atoms with van der Waals surface area (Å²) in [6.45, 7) is 4.19. The van der Waals surface area contributed by atoms with Gasteiger partial charge >= 0.3 is 0 Å². The highest BCUT2D eigenvalue weighted by atomic mass is 16.2. The van der Waals surface area contributed by atoms with Crippen LogP contribution in [0.3, 0.4) is 0 Å². The molecule has 2 heterocycles. The van der Waals surface area contributed by atoms with Crippen LogP contribution in [0.5, 0.6) is 0 Å². The van der Waals surface area contributed by atoms with Gasteiger partial charge < -0.3 is 10.3 Å². The molecule has 0 aliphatic heterocycles. The predicted molar refractivity (Wildman–Crippen MR) is 71.0 cm³/mol. The third-order valence-corrected chi connectivity index (χ3v) is 2.70. The molecule has 19 heavy (non-hydrogen) atoms. The zero-order valence-corrected chi connectivity index (χ0v) is 10.9. The molecule has 0 aliphatic rings. The number of rotatable bonds is 4. The fourth-order valence-corrected chi connectivity index (χ4v) is 1.79. The Kier molecular flexibility index (Phi) is 3.79. The molecule has 0 aliphatic carbocycles. The van der Waals surface area contributed by atoms with E-state index in [9.17, 15) is 9.59 Å². The number of H-pyrrole nitrogens is 1. The van der Waals surface area contributed by atoms with Crippen molar-refractivity contribution in [2.75, 3.05) is 0 Å². The summed E-state index contributed by atoms with van der Waals surface area (Å²) in [5.74, 6) is -0.374. The number of nitrogens with one attached hydrogen (secondary N) is 2. The van der Waals surface area contributed by atoms with Crippen molar-refractivity contribution in [2.24, 2.45) is 0 Å². The van der Waals surface area contributed by atoms with Crippen LogP contribution in [0.2, 0.25) is 0 Å². The minimum absolute atomic E-state index is 0.117. The van der Waals surface area contributed by atoms with Gasteiger partial charge in [-0.25, -0.2) is 0 Å². The van der Waals surface area contributed by atoms with Crippen molar-refractivity contribution in [3.63, 3.8) is 0 Å².